The van der Waals surface area contributed by atoms with Gasteiger partial charge in [-0.3, -0.25) is 4.79 Å². The Morgan fingerprint density at radius 3 is 2.83 bits per heavy atom. The summed E-state index contributed by atoms with van der Waals surface area (Å²) in [5.74, 6) is 0.435. The van der Waals surface area contributed by atoms with Crippen molar-refractivity contribution in [2.24, 2.45) is 0 Å². The maximum Gasteiger partial charge on any atom is 0.344 e. The highest BCUT2D eigenvalue weighted by atomic mass is 32.1. The lowest BCUT2D eigenvalue weighted by molar-refractivity contribution is -0.145. The third-order valence-corrected chi connectivity index (χ3v) is 5.25. The Morgan fingerprint density at radius 2 is 2.03 bits per heavy atom. The lowest BCUT2D eigenvalue weighted by Crippen LogP contribution is -2.22. The van der Waals surface area contributed by atoms with Crippen molar-refractivity contribution < 1.29 is 19.0 Å². The number of methoxy groups -OCH3 is 1. The first-order valence-electron chi connectivity index (χ1n) is 8.99. The number of aromatic nitrogens is 2. The van der Waals surface area contributed by atoms with Gasteiger partial charge in [0.25, 0.3) is 5.56 Å². The van der Waals surface area contributed by atoms with Crippen molar-refractivity contribution in [3.05, 3.63) is 62.9 Å². The number of para-hydroxylation sites is 2. The molecular formula is C21H18N2O5S. The van der Waals surface area contributed by atoms with Gasteiger partial charge in [-0.05, 0) is 42.8 Å². The van der Waals surface area contributed by atoms with Crippen molar-refractivity contribution in [1.29, 1.82) is 0 Å². The molecule has 0 radical (unpaired) electrons. The molecule has 2 heterocycles. The molecule has 0 N–H and O–H groups in total. The van der Waals surface area contributed by atoms with Crippen LogP contribution < -0.4 is 19.6 Å². The van der Waals surface area contributed by atoms with Crippen molar-refractivity contribution in [2.45, 2.75) is 6.92 Å². The number of esters is 1. The standard InChI is InChI=1S/C21H18N2O5S/c1-3-27-19(24)12-28-16-9-8-13(10-17(16)26-2)11-18-20(25)23-15-7-5-4-6-14(15)22-21(23)29-18/h4-11H,3,12H2,1-2H3. The summed E-state index contributed by atoms with van der Waals surface area (Å²) in [6, 6.07) is 12.8. The van der Waals surface area contributed by atoms with Crippen molar-refractivity contribution in [1.82, 2.24) is 9.38 Å². The summed E-state index contributed by atoms with van der Waals surface area (Å²) >= 11 is 1.33. The summed E-state index contributed by atoms with van der Waals surface area (Å²) in [4.78, 5) is 29.5. The Hall–Kier alpha value is -3.39. The quantitative estimate of drug-likeness (QED) is 0.454. The first-order chi connectivity index (χ1) is 14.1. The summed E-state index contributed by atoms with van der Waals surface area (Å²) < 4.78 is 17.9. The maximum atomic E-state index is 12.9. The Morgan fingerprint density at radius 1 is 1.21 bits per heavy atom. The predicted octanol–water partition coefficient (Wildman–Crippen LogP) is 2.41. The summed E-state index contributed by atoms with van der Waals surface area (Å²) in [6.07, 6.45) is 1.79. The molecule has 0 atom stereocenters. The second kappa shape index (κ2) is 7.92. The predicted molar refractivity (Wildman–Crippen MR) is 111 cm³/mol. The molecule has 0 amide bonds. The first kappa shape index (κ1) is 18.9. The van der Waals surface area contributed by atoms with Crippen LogP contribution in [0.3, 0.4) is 0 Å². The normalized spacial score (nSPS) is 11.9. The number of thiazole rings is 1. The molecule has 0 spiro atoms. The second-order valence-electron chi connectivity index (χ2n) is 6.14. The second-order valence-corrected chi connectivity index (χ2v) is 7.15. The fourth-order valence-corrected chi connectivity index (χ4v) is 3.98. The van der Waals surface area contributed by atoms with Crippen molar-refractivity contribution in [3.63, 3.8) is 0 Å². The number of imidazole rings is 1. The van der Waals surface area contributed by atoms with Gasteiger partial charge in [-0.25, -0.2) is 14.2 Å². The number of nitrogens with zero attached hydrogens (tertiary/aromatic N) is 2. The molecular weight excluding hydrogens is 392 g/mol. The van der Waals surface area contributed by atoms with E-state index in [1.54, 1.807) is 35.6 Å². The van der Waals surface area contributed by atoms with E-state index in [-0.39, 0.29) is 12.2 Å². The van der Waals surface area contributed by atoms with E-state index < -0.39 is 5.97 Å². The SMILES string of the molecule is CCOC(=O)COc1ccc(C=c2sc3nc4ccccc4n3c2=O)cc1OC. The molecule has 148 valence electrons. The van der Waals surface area contributed by atoms with Gasteiger partial charge in [0.15, 0.2) is 23.1 Å². The summed E-state index contributed by atoms with van der Waals surface area (Å²) in [7, 11) is 1.51. The van der Waals surface area contributed by atoms with Crippen LogP contribution in [0.25, 0.3) is 22.1 Å². The minimum atomic E-state index is -0.449. The Kier molecular flexibility index (Phi) is 5.18. The molecule has 0 saturated heterocycles. The van der Waals surface area contributed by atoms with Crippen LogP contribution in [0.4, 0.5) is 0 Å². The number of benzene rings is 2. The highest BCUT2D eigenvalue weighted by Gasteiger charge is 2.12. The number of hydrogen-bond acceptors (Lipinski definition) is 7. The van der Waals surface area contributed by atoms with E-state index in [4.69, 9.17) is 14.2 Å². The summed E-state index contributed by atoms with van der Waals surface area (Å²) in [5.41, 5.74) is 2.26. The molecule has 0 bridgehead atoms. The zero-order valence-electron chi connectivity index (χ0n) is 15.9. The first-order valence-corrected chi connectivity index (χ1v) is 9.80. The van der Waals surface area contributed by atoms with Gasteiger partial charge in [0.1, 0.15) is 0 Å². The van der Waals surface area contributed by atoms with Crippen LogP contribution in [0.15, 0.2) is 47.3 Å². The molecule has 7 nitrogen and oxygen atoms in total. The zero-order chi connectivity index (χ0) is 20.4. The Bertz CT molecular complexity index is 1310. The van der Waals surface area contributed by atoms with Gasteiger partial charge in [0, 0.05) is 0 Å². The number of hydrogen-bond donors (Lipinski definition) is 0. The molecule has 29 heavy (non-hydrogen) atoms. The fraction of sp³-hybridized carbons (Fsp3) is 0.190. The van der Waals surface area contributed by atoms with Gasteiger partial charge in [0.05, 0.1) is 29.3 Å². The summed E-state index contributed by atoms with van der Waals surface area (Å²) in [6.45, 7) is 1.83. The number of carbonyl (C=O) groups excluding carboxylic acids is 1. The fourth-order valence-electron chi connectivity index (χ4n) is 3.00. The monoisotopic (exact) mass is 410 g/mol. The highest BCUT2D eigenvalue weighted by molar-refractivity contribution is 7.15. The minimum absolute atomic E-state index is 0.111. The smallest absolute Gasteiger partial charge is 0.344 e. The third-order valence-electron chi connectivity index (χ3n) is 4.28. The van der Waals surface area contributed by atoms with E-state index >= 15 is 0 Å². The van der Waals surface area contributed by atoms with E-state index in [1.165, 1.54) is 18.4 Å². The molecule has 0 aliphatic heterocycles. The van der Waals surface area contributed by atoms with Gasteiger partial charge >= 0.3 is 5.97 Å². The molecule has 0 aliphatic carbocycles. The van der Waals surface area contributed by atoms with Crippen molar-refractivity contribution >= 4 is 39.4 Å². The van der Waals surface area contributed by atoms with Crippen LogP contribution >= 0.6 is 11.3 Å². The van der Waals surface area contributed by atoms with Gasteiger partial charge in [-0.15, -0.1) is 0 Å². The van der Waals surface area contributed by atoms with Gasteiger partial charge in [-0.2, -0.15) is 0 Å². The Labute approximate surface area is 169 Å². The average molecular weight is 410 g/mol. The van der Waals surface area contributed by atoms with Crippen LogP contribution in [0.2, 0.25) is 0 Å². The number of fused-ring (bicyclic) bond motifs is 3. The molecule has 0 unspecified atom stereocenters. The van der Waals surface area contributed by atoms with Crippen LogP contribution in [0.1, 0.15) is 12.5 Å². The van der Waals surface area contributed by atoms with E-state index in [0.29, 0.717) is 27.6 Å². The minimum Gasteiger partial charge on any atom is -0.493 e. The maximum absolute atomic E-state index is 12.9. The van der Waals surface area contributed by atoms with E-state index in [9.17, 15) is 9.59 Å². The molecule has 8 heteroatoms. The molecule has 2 aromatic heterocycles. The lowest BCUT2D eigenvalue weighted by atomic mass is 10.2. The zero-order valence-corrected chi connectivity index (χ0v) is 16.7. The molecule has 0 fully saturated rings. The Balaban J connectivity index is 1.68. The molecule has 0 saturated carbocycles. The van der Waals surface area contributed by atoms with E-state index in [0.717, 1.165) is 16.6 Å². The topological polar surface area (TPSA) is 79.1 Å². The molecule has 2 aromatic carbocycles. The number of ether oxygens (including phenoxy) is 3. The van der Waals surface area contributed by atoms with Gasteiger partial charge in [0.2, 0.25) is 0 Å². The third kappa shape index (κ3) is 3.66. The van der Waals surface area contributed by atoms with Crippen LogP contribution in [-0.2, 0) is 9.53 Å². The van der Waals surface area contributed by atoms with Crippen LogP contribution in [0.5, 0.6) is 11.5 Å². The average Bonchev–Trinajstić information content (AvgIpc) is 3.23. The van der Waals surface area contributed by atoms with Crippen molar-refractivity contribution in [2.75, 3.05) is 20.3 Å². The van der Waals surface area contributed by atoms with Crippen molar-refractivity contribution in [3.8, 4) is 11.5 Å². The van der Waals surface area contributed by atoms with Gasteiger partial charge in [-0.1, -0.05) is 29.5 Å². The van der Waals surface area contributed by atoms with Gasteiger partial charge < -0.3 is 14.2 Å². The molecule has 4 rings (SSSR count). The van der Waals surface area contributed by atoms with E-state index in [2.05, 4.69) is 4.98 Å². The summed E-state index contributed by atoms with van der Waals surface area (Å²) in [5, 5.41) is 0. The number of carbonyl (C=O) groups is 1. The molecule has 0 aliphatic rings. The van der Waals surface area contributed by atoms with E-state index in [1.807, 2.05) is 24.3 Å². The largest absolute Gasteiger partial charge is 0.493 e. The molecule has 4 aromatic rings. The van der Waals surface area contributed by atoms with Crippen LogP contribution in [0, 0.1) is 0 Å². The highest BCUT2D eigenvalue weighted by Crippen LogP contribution is 2.28. The number of rotatable bonds is 6. The lowest BCUT2D eigenvalue weighted by Gasteiger charge is -2.10. The van der Waals surface area contributed by atoms with Crippen LogP contribution in [-0.4, -0.2) is 35.7 Å².